The van der Waals surface area contributed by atoms with Gasteiger partial charge in [0.15, 0.2) is 0 Å². The van der Waals surface area contributed by atoms with E-state index in [0.29, 0.717) is 15.8 Å². The molecular weight excluding hydrogens is 416 g/mol. The lowest BCUT2D eigenvalue weighted by molar-refractivity contribution is -0.121. The first-order valence-corrected chi connectivity index (χ1v) is 10.0. The molecule has 30 heavy (non-hydrogen) atoms. The molecule has 2 N–H and O–H groups in total. The molecule has 3 aromatic rings. The second-order valence-corrected chi connectivity index (χ2v) is 7.93. The molecule has 10 heteroatoms. The third-order valence-electron chi connectivity index (χ3n) is 4.72. The van der Waals surface area contributed by atoms with Crippen molar-refractivity contribution in [3.8, 4) is 5.75 Å². The van der Waals surface area contributed by atoms with Crippen LogP contribution in [0.4, 0.5) is 8.78 Å². The number of hydrogen-bond donors (Lipinski definition) is 2. The van der Waals surface area contributed by atoms with Gasteiger partial charge in [0, 0.05) is 24.4 Å². The van der Waals surface area contributed by atoms with Crippen LogP contribution in [0.2, 0.25) is 0 Å². The van der Waals surface area contributed by atoms with E-state index in [0.717, 1.165) is 10.4 Å². The number of benzene rings is 1. The van der Waals surface area contributed by atoms with Crippen molar-refractivity contribution in [3.05, 3.63) is 57.0 Å². The fourth-order valence-corrected chi connectivity index (χ4v) is 3.93. The third-order valence-corrected chi connectivity index (χ3v) is 5.83. The van der Waals surface area contributed by atoms with Crippen LogP contribution in [0.3, 0.4) is 0 Å². The van der Waals surface area contributed by atoms with Crippen LogP contribution in [0.15, 0.2) is 35.4 Å². The van der Waals surface area contributed by atoms with Crippen LogP contribution in [0, 0.1) is 13.8 Å². The van der Waals surface area contributed by atoms with Crippen molar-refractivity contribution in [1.82, 2.24) is 14.9 Å². The molecule has 0 aliphatic carbocycles. The Kier molecular flexibility index (Phi) is 6.78. The molecule has 7 nitrogen and oxygen atoms in total. The molecule has 1 atom stereocenters. The first-order chi connectivity index (χ1) is 14.3. The second kappa shape index (κ2) is 9.31. The summed E-state index contributed by atoms with van der Waals surface area (Å²) in [6, 6.07) is 5.52. The smallest absolute Gasteiger partial charge is 0.387 e. The molecule has 0 radical (unpaired) electrons. The molecular formula is C20H21F2N3O4S. The molecule has 1 amide bonds. The molecule has 0 aliphatic rings. The maximum absolute atomic E-state index is 12.6. The summed E-state index contributed by atoms with van der Waals surface area (Å²) in [4.78, 5) is 30.7. The first-order valence-electron chi connectivity index (χ1n) is 9.21. The average molecular weight is 437 g/mol. The number of aryl methyl sites for hydroxylation is 3. The van der Waals surface area contributed by atoms with E-state index in [1.54, 1.807) is 0 Å². The number of carbonyl (C=O) groups is 1. The van der Waals surface area contributed by atoms with E-state index in [2.05, 4.69) is 15.0 Å². The van der Waals surface area contributed by atoms with E-state index in [-0.39, 0.29) is 36.7 Å². The molecule has 2 aromatic heterocycles. The molecule has 0 fully saturated rings. The molecule has 0 saturated carbocycles. The van der Waals surface area contributed by atoms with Gasteiger partial charge in [-0.3, -0.25) is 14.2 Å². The van der Waals surface area contributed by atoms with Gasteiger partial charge in [0.25, 0.3) is 5.56 Å². The van der Waals surface area contributed by atoms with E-state index in [1.807, 2.05) is 13.8 Å². The summed E-state index contributed by atoms with van der Waals surface area (Å²) in [6.07, 6.45) is 0.473. The van der Waals surface area contributed by atoms with Gasteiger partial charge < -0.3 is 15.2 Å². The number of amides is 1. The van der Waals surface area contributed by atoms with Gasteiger partial charge >= 0.3 is 6.61 Å². The highest BCUT2D eigenvalue weighted by Crippen LogP contribution is 2.25. The van der Waals surface area contributed by atoms with Gasteiger partial charge in [-0.15, -0.1) is 11.3 Å². The molecule has 2 heterocycles. The van der Waals surface area contributed by atoms with Gasteiger partial charge in [-0.2, -0.15) is 8.78 Å². The second-order valence-electron chi connectivity index (χ2n) is 6.72. The monoisotopic (exact) mass is 437 g/mol. The maximum atomic E-state index is 12.6. The number of thiophene rings is 1. The Bertz CT molecular complexity index is 1100. The maximum Gasteiger partial charge on any atom is 0.387 e. The Hall–Kier alpha value is -2.85. The number of ether oxygens (including phenoxy) is 1. The van der Waals surface area contributed by atoms with E-state index in [1.165, 1.54) is 46.5 Å². The Morgan fingerprint density at radius 2 is 2.00 bits per heavy atom. The predicted molar refractivity (Wildman–Crippen MR) is 109 cm³/mol. The summed E-state index contributed by atoms with van der Waals surface area (Å²) in [5, 5.41) is 13.3. The summed E-state index contributed by atoms with van der Waals surface area (Å²) in [7, 11) is 0. The molecule has 3 rings (SSSR count). The standard InChI is InChI=1S/C20H21F2N3O4S/c1-11-12(2)30-18-17(11)19(28)25(10-24-18)8-7-16(27)23-9-15(26)13-3-5-14(6-4-13)29-20(21)22/h3-6,10,15,20,26H,7-9H2,1-2H3,(H,23,27). The minimum Gasteiger partial charge on any atom is -0.435 e. The lowest BCUT2D eigenvalue weighted by Gasteiger charge is -2.13. The van der Waals surface area contributed by atoms with E-state index < -0.39 is 12.7 Å². The fraction of sp³-hybridized carbons (Fsp3) is 0.350. The van der Waals surface area contributed by atoms with Crippen LogP contribution in [-0.4, -0.2) is 33.7 Å². The largest absolute Gasteiger partial charge is 0.435 e. The van der Waals surface area contributed by atoms with E-state index >= 15 is 0 Å². The predicted octanol–water partition coefficient (Wildman–Crippen LogP) is 2.92. The normalized spacial score (nSPS) is 12.3. The van der Waals surface area contributed by atoms with Crippen molar-refractivity contribution in [1.29, 1.82) is 0 Å². The zero-order chi connectivity index (χ0) is 21.8. The number of carbonyl (C=O) groups excluding carboxylic acids is 1. The minimum atomic E-state index is -2.92. The zero-order valence-corrected chi connectivity index (χ0v) is 17.2. The molecule has 0 aliphatic heterocycles. The van der Waals surface area contributed by atoms with E-state index in [4.69, 9.17) is 0 Å². The highest BCUT2D eigenvalue weighted by atomic mass is 32.1. The number of nitrogens with one attached hydrogen (secondary N) is 1. The number of alkyl halides is 2. The quantitative estimate of drug-likeness (QED) is 0.565. The number of aliphatic hydroxyl groups excluding tert-OH is 1. The first kappa shape index (κ1) is 21.8. The van der Waals surface area contributed by atoms with Gasteiger partial charge in [0.2, 0.25) is 5.91 Å². The Labute approximate surface area is 174 Å². The summed E-state index contributed by atoms with van der Waals surface area (Å²) in [5.74, 6) is -0.353. The van der Waals surface area contributed by atoms with Gasteiger partial charge in [-0.1, -0.05) is 12.1 Å². The summed E-state index contributed by atoms with van der Waals surface area (Å²) >= 11 is 1.46. The number of fused-ring (bicyclic) bond motifs is 1. The number of rotatable bonds is 8. The van der Waals surface area contributed by atoms with Crippen LogP contribution in [0.5, 0.6) is 5.75 Å². The van der Waals surface area contributed by atoms with Gasteiger partial charge in [-0.25, -0.2) is 4.98 Å². The number of aliphatic hydroxyl groups is 1. The van der Waals surface area contributed by atoms with Crippen molar-refractivity contribution in [2.24, 2.45) is 0 Å². The number of nitrogens with zero attached hydrogens (tertiary/aromatic N) is 2. The van der Waals surface area contributed by atoms with E-state index in [9.17, 15) is 23.5 Å². The van der Waals surface area contributed by atoms with Crippen LogP contribution >= 0.6 is 11.3 Å². The Morgan fingerprint density at radius 3 is 2.67 bits per heavy atom. The van der Waals surface area contributed by atoms with Crippen molar-refractivity contribution < 1.29 is 23.4 Å². The molecule has 160 valence electrons. The summed E-state index contributed by atoms with van der Waals surface area (Å²) in [5.41, 5.74) is 1.17. The van der Waals surface area contributed by atoms with Gasteiger partial charge in [0.1, 0.15) is 10.6 Å². The number of aromatic nitrogens is 2. The summed E-state index contributed by atoms with van der Waals surface area (Å²) in [6.45, 7) is 1.00. The number of hydrogen-bond acceptors (Lipinski definition) is 6. The lowest BCUT2D eigenvalue weighted by Crippen LogP contribution is -2.30. The van der Waals surface area contributed by atoms with Crippen molar-refractivity contribution in [2.45, 2.75) is 39.5 Å². The summed E-state index contributed by atoms with van der Waals surface area (Å²) < 4.78 is 30.0. The van der Waals surface area contributed by atoms with Crippen molar-refractivity contribution in [3.63, 3.8) is 0 Å². The Morgan fingerprint density at radius 1 is 1.30 bits per heavy atom. The number of halogens is 2. The Balaban J connectivity index is 1.54. The lowest BCUT2D eigenvalue weighted by atomic mass is 10.1. The average Bonchev–Trinajstić information content (AvgIpc) is 3.00. The molecule has 1 unspecified atom stereocenters. The molecule has 1 aromatic carbocycles. The molecule has 0 saturated heterocycles. The van der Waals surface area contributed by atoms with Crippen LogP contribution in [0.25, 0.3) is 10.2 Å². The van der Waals surface area contributed by atoms with Crippen LogP contribution < -0.4 is 15.6 Å². The highest BCUT2D eigenvalue weighted by Gasteiger charge is 2.14. The van der Waals surface area contributed by atoms with Crippen molar-refractivity contribution >= 4 is 27.5 Å². The van der Waals surface area contributed by atoms with Gasteiger partial charge in [-0.05, 0) is 37.1 Å². The zero-order valence-electron chi connectivity index (χ0n) is 16.4. The highest BCUT2D eigenvalue weighted by molar-refractivity contribution is 7.18. The molecule has 0 bridgehead atoms. The minimum absolute atomic E-state index is 0.0166. The van der Waals surface area contributed by atoms with Crippen molar-refractivity contribution in [2.75, 3.05) is 6.54 Å². The topological polar surface area (TPSA) is 93.5 Å². The van der Waals surface area contributed by atoms with Crippen LogP contribution in [0.1, 0.15) is 28.5 Å². The SMILES string of the molecule is Cc1sc2ncn(CCC(=O)NCC(O)c3ccc(OC(F)F)cc3)c(=O)c2c1C. The van der Waals surface area contributed by atoms with Gasteiger partial charge in [0.05, 0.1) is 17.8 Å². The van der Waals surface area contributed by atoms with Crippen LogP contribution in [-0.2, 0) is 11.3 Å². The molecule has 0 spiro atoms. The third kappa shape index (κ3) is 5.00. The fourth-order valence-electron chi connectivity index (χ4n) is 2.94.